The lowest BCUT2D eigenvalue weighted by Crippen LogP contribution is -2.40. The third-order valence-corrected chi connectivity index (χ3v) is 6.09. The zero-order chi connectivity index (χ0) is 19.3. The van der Waals surface area contributed by atoms with Crippen LogP contribution in [0.5, 0.6) is 0 Å². The van der Waals surface area contributed by atoms with E-state index in [1.54, 1.807) is 4.57 Å². The number of rotatable bonds is 4. The molecule has 0 spiro atoms. The van der Waals surface area contributed by atoms with Crippen LogP contribution in [0.25, 0.3) is 11.2 Å². The lowest BCUT2D eigenvalue weighted by Gasteiger charge is -2.31. The normalized spacial score (nSPS) is 31.7. The first-order valence-corrected chi connectivity index (χ1v) is 9.61. The van der Waals surface area contributed by atoms with Crippen LogP contribution >= 0.6 is 7.75 Å². The molecule has 4 rings (SSSR count). The Morgan fingerprint density at radius 1 is 1.56 bits per heavy atom. The summed E-state index contributed by atoms with van der Waals surface area (Å²) >= 11 is 0. The van der Waals surface area contributed by atoms with Crippen molar-refractivity contribution in [3.8, 4) is 0 Å². The number of hydrogen-bond acceptors (Lipinski definition) is 9. The molecule has 2 saturated heterocycles. The summed E-state index contributed by atoms with van der Waals surface area (Å²) in [5.74, 6) is -1.24. The average molecular weight is 400 g/mol. The Hall–Kier alpha value is -2.31. The van der Waals surface area contributed by atoms with Crippen molar-refractivity contribution < 1.29 is 28.3 Å². The summed E-state index contributed by atoms with van der Waals surface area (Å²) < 4.78 is 30.7. The number of anilines is 1. The van der Waals surface area contributed by atoms with Crippen LogP contribution in [0.4, 0.5) is 5.95 Å². The summed E-state index contributed by atoms with van der Waals surface area (Å²) in [7, 11) is -3.79. The summed E-state index contributed by atoms with van der Waals surface area (Å²) in [4.78, 5) is 33.3. The third kappa shape index (κ3) is 3.24. The molecule has 2 aromatic rings. The number of ether oxygens (including phenoxy) is 1. The van der Waals surface area contributed by atoms with Crippen LogP contribution in [0.3, 0.4) is 0 Å². The number of carboxylic acids is 1. The zero-order valence-corrected chi connectivity index (χ0v) is 15.0. The van der Waals surface area contributed by atoms with Gasteiger partial charge in [-0.25, -0.2) is 14.6 Å². The number of carbonyl (C=O) groups is 1. The molecule has 14 heteroatoms. The maximum Gasteiger partial charge on any atom is 0.406 e. The van der Waals surface area contributed by atoms with Gasteiger partial charge in [0.1, 0.15) is 24.5 Å². The van der Waals surface area contributed by atoms with E-state index in [9.17, 15) is 14.2 Å². The molecule has 0 amide bonds. The van der Waals surface area contributed by atoms with Crippen LogP contribution in [0.15, 0.2) is 11.1 Å². The highest BCUT2D eigenvalue weighted by atomic mass is 31.2. The maximum atomic E-state index is 12.6. The quantitative estimate of drug-likeness (QED) is 0.489. The lowest BCUT2D eigenvalue weighted by molar-refractivity contribution is -0.138. The Labute approximate surface area is 151 Å². The van der Waals surface area contributed by atoms with Crippen molar-refractivity contribution in [2.45, 2.75) is 37.8 Å². The van der Waals surface area contributed by atoms with Gasteiger partial charge in [-0.2, -0.15) is 4.98 Å². The SMILES string of the molecule is CC(NP1(=O)OC[C@H]2O[C@@H](n3cnc4c(=O)[nH]c(N)nc43)C[C@@H]2O1)C(=O)O. The third-order valence-electron chi connectivity index (χ3n) is 4.35. The molecule has 146 valence electrons. The number of nitrogens with one attached hydrogen (secondary N) is 2. The van der Waals surface area contributed by atoms with Gasteiger partial charge >= 0.3 is 13.7 Å². The number of carboxylic acid groups (broad SMARTS) is 1. The Balaban J connectivity index is 1.55. The molecule has 0 bridgehead atoms. The fraction of sp³-hybridized carbons (Fsp3) is 0.538. The maximum absolute atomic E-state index is 12.6. The molecule has 2 unspecified atom stereocenters. The topological polar surface area (TPSA) is 184 Å². The molecule has 4 heterocycles. The van der Waals surface area contributed by atoms with Crippen LogP contribution in [-0.2, 0) is 23.1 Å². The van der Waals surface area contributed by atoms with Gasteiger partial charge in [0.15, 0.2) is 11.2 Å². The second kappa shape index (κ2) is 6.39. The van der Waals surface area contributed by atoms with Crippen molar-refractivity contribution in [1.29, 1.82) is 0 Å². The van der Waals surface area contributed by atoms with Crippen LogP contribution in [-0.4, -0.2) is 55.5 Å². The Morgan fingerprint density at radius 2 is 2.33 bits per heavy atom. The van der Waals surface area contributed by atoms with E-state index in [0.29, 0.717) is 0 Å². The predicted molar refractivity (Wildman–Crippen MR) is 89.8 cm³/mol. The second-order valence-electron chi connectivity index (χ2n) is 6.27. The van der Waals surface area contributed by atoms with Gasteiger partial charge in [0.05, 0.1) is 12.9 Å². The first kappa shape index (κ1) is 18.1. The summed E-state index contributed by atoms with van der Waals surface area (Å²) in [5.41, 5.74) is 5.48. The molecule has 13 nitrogen and oxygen atoms in total. The van der Waals surface area contributed by atoms with Gasteiger partial charge in [-0.05, 0) is 6.92 Å². The number of fused-ring (bicyclic) bond motifs is 2. The lowest BCUT2D eigenvalue weighted by atomic mass is 10.2. The zero-order valence-electron chi connectivity index (χ0n) is 14.1. The monoisotopic (exact) mass is 400 g/mol. The molecule has 5 atom stereocenters. The van der Waals surface area contributed by atoms with E-state index in [1.807, 2.05) is 0 Å². The first-order chi connectivity index (χ1) is 12.8. The van der Waals surface area contributed by atoms with Crippen molar-refractivity contribution in [3.63, 3.8) is 0 Å². The van der Waals surface area contributed by atoms with Crippen molar-refractivity contribution in [3.05, 3.63) is 16.7 Å². The Bertz CT molecular complexity index is 1000. The molecular weight excluding hydrogens is 383 g/mol. The molecule has 0 aliphatic carbocycles. The smallest absolute Gasteiger partial charge is 0.406 e. The van der Waals surface area contributed by atoms with Gasteiger partial charge in [0, 0.05) is 6.42 Å². The highest BCUT2D eigenvalue weighted by Gasteiger charge is 2.48. The first-order valence-electron chi connectivity index (χ1n) is 8.07. The van der Waals surface area contributed by atoms with Crippen molar-refractivity contribution >= 4 is 30.8 Å². The molecule has 27 heavy (non-hydrogen) atoms. The van der Waals surface area contributed by atoms with Gasteiger partial charge in [0.2, 0.25) is 5.95 Å². The molecule has 0 aromatic carbocycles. The largest absolute Gasteiger partial charge is 0.480 e. The van der Waals surface area contributed by atoms with Gasteiger partial charge in [-0.1, -0.05) is 0 Å². The molecule has 2 aliphatic heterocycles. The Morgan fingerprint density at radius 3 is 3.07 bits per heavy atom. The van der Waals surface area contributed by atoms with Crippen LogP contribution in [0, 0.1) is 0 Å². The van der Waals surface area contributed by atoms with E-state index in [2.05, 4.69) is 20.0 Å². The number of imidazole rings is 1. The van der Waals surface area contributed by atoms with E-state index >= 15 is 0 Å². The predicted octanol–water partition coefficient (Wildman–Crippen LogP) is -0.424. The van der Waals surface area contributed by atoms with E-state index in [4.69, 9.17) is 24.6 Å². The number of nitrogens with zero attached hydrogens (tertiary/aromatic N) is 3. The summed E-state index contributed by atoms with van der Waals surface area (Å²) in [6.45, 7) is 1.29. The molecular formula is C13H17N6O7P. The molecule has 2 aliphatic rings. The van der Waals surface area contributed by atoms with Crippen molar-refractivity contribution in [2.24, 2.45) is 0 Å². The minimum Gasteiger partial charge on any atom is -0.480 e. The van der Waals surface area contributed by atoms with Crippen molar-refractivity contribution in [1.82, 2.24) is 24.6 Å². The highest BCUT2D eigenvalue weighted by Crippen LogP contribution is 2.53. The van der Waals surface area contributed by atoms with E-state index in [1.165, 1.54) is 13.3 Å². The van der Waals surface area contributed by atoms with Gasteiger partial charge in [0.25, 0.3) is 5.56 Å². The fourth-order valence-corrected chi connectivity index (χ4v) is 4.73. The average Bonchev–Trinajstić information content (AvgIpc) is 3.17. The minimum absolute atomic E-state index is 0.0411. The number of aromatic amines is 1. The summed E-state index contributed by atoms with van der Waals surface area (Å²) in [6.07, 6.45) is -0.0259. The molecule has 2 aromatic heterocycles. The van der Waals surface area contributed by atoms with E-state index < -0.39 is 43.8 Å². The van der Waals surface area contributed by atoms with E-state index in [0.717, 1.165) is 0 Å². The number of aromatic nitrogens is 4. The van der Waals surface area contributed by atoms with Gasteiger partial charge in [-0.3, -0.25) is 28.2 Å². The fourth-order valence-electron chi connectivity index (χ4n) is 3.03. The summed E-state index contributed by atoms with van der Waals surface area (Å²) in [5, 5.41) is 11.3. The summed E-state index contributed by atoms with van der Waals surface area (Å²) in [6, 6.07) is -1.11. The number of aliphatic carboxylic acids is 1. The van der Waals surface area contributed by atoms with Crippen LogP contribution in [0.2, 0.25) is 0 Å². The Kier molecular flexibility index (Phi) is 4.28. The molecule has 2 fully saturated rings. The van der Waals surface area contributed by atoms with E-state index in [-0.39, 0.29) is 30.1 Å². The molecule has 0 radical (unpaired) electrons. The highest BCUT2D eigenvalue weighted by molar-refractivity contribution is 7.51. The van der Waals surface area contributed by atoms with Gasteiger partial charge in [-0.15, -0.1) is 0 Å². The van der Waals surface area contributed by atoms with Crippen LogP contribution < -0.4 is 16.4 Å². The number of nitrogens with two attached hydrogens (primary N) is 1. The number of hydrogen-bond donors (Lipinski definition) is 4. The number of H-pyrrole nitrogens is 1. The standard InChI is InChI=1S/C13H17N6O7P/c1-5(12(21)22)18-27(23)24-3-7-6(26-27)2-8(25-7)19-4-15-9-10(19)16-13(14)17-11(9)20/h4-8H,2-3H2,1H3,(H,18,23)(H,21,22)(H3,14,16,17,20)/t5?,6-,7+,8+,27?/m0/s1. The second-order valence-corrected chi connectivity index (χ2v) is 7.99. The molecule has 5 N–H and O–H groups in total. The minimum atomic E-state index is -3.79. The number of nitrogen functional groups attached to an aromatic ring is 1. The van der Waals surface area contributed by atoms with Crippen LogP contribution in [0.1, 0.15) is 19.6 Å². The molecule has 0 saturated carbocycles. The van der Waals surface area contributed by atoms with Gasteiger partial charge < -0.3 is 15.6 Å². The van der Waals surface area contributed by atoms with Crippen molar-refractivity contribution in [2.75, 3.05) is 12.3 Å².